The molecule has 0 aliphatic heterocycles. The average Bonchev–Trinajstić information content (AvgIpc) is 2.32. The molecule has 0 spiro atoms. The maximum atomic E-state index is 10.6. The average molecular weight is 257 g/mol. The van der Waals surface area contributed by atoms with Gasteiger partial charge in [-0.2, -0.15) is 0 Å². The third-order valence-electron chi connectivity index (χ3n) is 2.85. The summed E-state index contributed by atoms with van der Waals surface area (Å²) in [6.45, 7) is 3.83. The number of ether oxygens (including phenoxy) is 2. The molecule has 0 aliphatic carbocycles. The van der Waals surface area contributed by atoms with Crippen LogP contribution in [0.15, 0.2) is 6.07 Å². The Morgan fingerprint density at radius 2 is 2.06 bits per heavy atom. The molecular weight excluding hydrogens is 240 g/mol. The van der Waals surface area contributed by atoms with Crippen LogP contribution in [0, 0.1) is 6.92 Å². The van der Waals surface area contributed by atoms with Crippen molar-refractivity contribution < 1.29 is 14.3 Å². The van der Waals surface area contributed by atoms with Crippen molar-refractivity contribution in [3.63, 3.8) is 0 Å². The van der Waals surface area contributed by atoms with Crippen molar-refractivity contribution in [2.24, 2.45) is 0 Å². The molecule has 17 heavy (non-hydrogen) atoms. The standard InChI is InChI=1S/C13H17ClO3/c1-8(5-6-15)10-7-11(16-3)9(2)12(14)13(10)17-4/h6-8H,5H2,1-4H3. The number of methoxy groups -OCH3 is 2. The minimum Gasteiger partial charge on any atom is -0.496 e. The summed E-state index contributed by atoms with van der Waals surface area (Å²) in [5, 5.41) is 0.541. The highest BCUT2D eigenvalue weighted by atomic mass is 35.5. The number of rotatable bonds is 5. The molecule has 1 aromatic rings. The molecule has 94 valence electrons. The van der Waals surface area contributed by atoms with Gasteiger partial charge in [0.15, 0.2) is 0 Å². The Labute approximate surface area is 107 Å². The van der Waals surface area contributed by atoms with Gasteiger partial charge in [-0.15, -0.1) is 0 Å². The number of aldehydes is 1. The maximum Gasteiger partial charge on any atom is 0.141 e. The van der Waals surface area contributed by atoms with Gasteiger partial charge >= 0.3 is 0 Å². The molecule has 0 aromatic heterocycles. The molecule has 0 radical (unpaired) electrons. The number of carbonyl (C=O) groups is 1. The molecule has 0 heterocycles. The van der Waals surface area contributed by atoms with E-state index in [1.807, 2.05) is 19.9 Å². The van der Waals surface area contributed by atoms with Crippen LogP contribution in [-0.4, -0.2) is 20.5 Å². The van der Waals surface area contributed by atoms with E-state index in [0.717, 1.165) is 17.4 Å². The Hall–Kier alpha value is -1.22. The van der Waals surface area contributed by atoms with Crippen molar-refractivity contribution in [1.82, 2.24) is 0 Å². The van der Waals surface area contributed by atoms with Gasteiger partial charge in [0.2, 0.25) is 0 Å². The largest absolute Gasteiger partial charge is 0.496 e. The highest BCUT2D eigenvalue weighted by Crippen LogP contribution is 2.41. The predicted molar refractivity (Wildman–Crippen MR) is 68.4 cm³/mol. The normalized spacial score (nSPS) is 12.1. The number of hydrogen-bond acceptors (Lipinski definition) is 3. The first-order valence-corrected chi connectivity index (χ1v) is 5.79. The SMILES string of the molecule is COc1cc(C(C)CC=O)c(OC)c(Cl)c1C. The molecule has 0 saturated carbocycles. The molecular formula is C13H17ClO3. The van der Waals surface area contributed by atoms with Crippen molar-refractivity contribution in [1.29, 1.82) is 0 Å². The van der Waals surface area contributed by atoms with Crippen LogP contribution in [0.3, 0.4) is 0 Å². The topological polar surface area (TPSA) is 35.5 Å². The van der Waals surface area contributed by atoms with Gasteiger partial charge in [0.1, 0.15) is 17.8 Å². The minimum atomic E-state index is 0.0504. The van der Waals surface area contributed by atoms with Crippen molar-refractivity contribution in [3.05, 3.63) is 22.2 Å². The summed E-state index contributed by atoms with van der Waals surface area (Å²) in [5.41, 5.74) is 1.74. The summed E-state index contributed by atoms with van der Waals surface area (Å²) in [6, 6.07) is 1.88. The van der Waals surface area contributed by atoms with Gasteiger partial charge < -0.3 is 14.3 Å². The van der Waals surface area contributed by atoms with Crippen molar-refractivity contribution in [2.75, 3.05) is 14.2 Å². The molecule has 0 N–H and O–H groups in total. The second-order valence-corrected chi connectivity index (χ2v) is 4.32. The van der Waals surface area contributed by atoms with Crippen LogP contribution >= 0.6 is 11.6 Å². The number of halogens is 1. The molecule has 0 amide bonds. The van der Waals surface area contributed by atoms with Crippen LogP contribution in [-0.2, 0) is 4.79 Å². The van der Waals surface area contributed by atoms with Crippen LogP contribution in [0.25, 0.3) is 0 Å². The third kappa shape index (κ3) is 2.72. The summed E-state index contributed by atoms with van der Waals surface area (Å²) >= 11 is 6.23. The molecule has 1 atom stereocenters. The van der Waals surface area contributed by atoms with Crippen molar-refractivity contribution >= 4 is 17.9 Å². The van der Waals surface area contributed by atoms with Crippen LogP contribution < -0.4 is 9.47 Å². The van der Waals surface area contributed by atoms with E-state index in [0.29, 0.717) is 22.9 Å². The molecule has 3 nitrogen and oxygen atoms in total. The van der Waals surface area contributed by atoms with E-state index in [9.17, 15) is 4.79 Å². The zero-order valence-electron chi connectivity index (χ0n) is 10.5. The second kappa shape index (κ2) is 5.92. The van der Waals surface area contributed by atoms with Gasteiger partial charge in [-0.1, -0.05) is 18.5 Å². The molecule has 0 fully saturated rings. The molecule has 1 aromatic carbocycles. The van der Waals surface area contributed by atoms with Gasteiger partial charge in [-0.3, -0.25) is 0 Å². The fourth-order valence-electron chi connectivity index (χ4n) is 1.78. The van der Waals surface area contributed by atoms with Gasteiger partial charge in [0.05, 0.1) is 19.2 Å². The zero-order valence-corrected chi connectivity index (χ0v) is 11.3. The van der Waals surface area contributed by atoms with Gasteiger partial charge in [0, 0.05) is 17.5 Å². The Kier molecular flexibility index (Phi) is 4.82. The Morgan fingerprint density at radius 3 is 2.53 bits per heavy atom. The molecule has 1 rings (SSSR count). The smallest absolute Gasteiger partial charge is 0.141 e. The number of benzene rings is 1. The van der Waals surface area contributed by atoms with E-state index in [2.05, 4.69) is 0 Å². The van der Waals surface area contributed by atoms with E-state index in [1.165, 1.54) is 0 Å². The number of hydrogen-bond donors (Lipinski definition) is 0. The van der Waals surface area contributed by atoms with E-state index in [4.69, 9.17) is 21.1 Å². The predicted octanol–water partition coefficient (Wildman–Crippen LogP) is 3.36. The first-order valence-electron chi connectivity index (χ1n) is 5.41. The molecule has 0 bridgehead atoms. The zero-order chi connectivity index (χ0) is 13.0. The van der Waals surface area contributed by atoms with Gasteiger partial charge in [0.25, 0.3) is 0 Å². The number of carbonyl (C=O) groups excluding carboxylic acids is 1. The van der Waals surface area contributed by atoms with Crippen LogP contribution in [0.2, 0.25) is 5.02 Å². The van der Waals surface area contributed by atoms with Crippen molar-refractivity contribution in [3.8, 4) is 11.5 Å². The fourth-order valence-corrected chi connectivity index (χ4v) is 2.06. The summed E-state index contributed by atoms with van der Waals surface area (Å²) < 4.78 is 10.6. The lowest BCUT2D eigenvalue weighted by atomic mass is 9.95. The lowest BCUT2D eigenvalue weighted by Crippen LogP contribution is -2.02. The quantitative estimate of drug-likeness (QED) is 0.758. The first-order chi connectivity index (χ1) is 8.06. The van der Waals surface area contributed by atoms with E-state index in [-0.39, 0.29) is 5.92 Å². The molecule has 0 aliphatic rings. The van der Waals surface area contributed by atoms with E-state index < -0.39 is 0 Å². The Bertz CT molecular complexity index is 416. The van der Waals surface area contributed by atoms with Gasteiger partial charge in [-0.25, -0.2) is 0 Å². The van der Waals surface area contributed by atoms with E-state index >= 15 is 0 Å². The Morgan fingerprint density at radius 1 is 1.41 bits per heavy atom. The lowest BCUT2D eigenvalue weighted by Gasteiger charge is -2.18. The Balaban J connectivity index is 3.36. The highest BCUT2D eigenvalue weighted by molar-refractivity contribution is 6.33. The monoisotopic (exact) mass is 256 g/mol. The lowest BCUT2D eigenvalue weighted by molar-refractivity contribution is -0.108. The third-order valence-corrected chi connectivity index (χ3v) is 3.31. The highest BCUT2D eigenvalue weighted by Gasteiger charge is 2.19. The van der Waals surface area contributed by atoms with E-state index in [1.54, 1.807) is 14.2 Å². The van der Waals surface area contributed by atoms with Crippen LogP contribution in [0.5, 0.6) is 11.5 Å². The van der Waals surface area contributed by atoms with Gasteiger partial charge in [-0.05, 0) is 18.9 Å². The summed E-state index contributed by atoms with van der Waals surface area (Å²) in [6.07, 6.45) is 1.32. The van der Waals surface area contributed by atoms with Crippen LogP contribution in [0.4, 0.5) is 0 Å². The molecule has 4 heteroatoms. The fraction of sp³-hybridized carbons (Fsp3) is 0.462. The second-order valence-electron chi connectivity index (χ2n) is 3.94. The van der Waals surface area contributed by atoms with Crippen LogP contribution in [0.1, 0.15) is 30.4 Å². The molecule has 0 saturated heterocycles. The summed E-state index contributed by atoms with van der Waals surface area (Å²) in [5.74, 6) is 1.39. The minimum absolute atomic E-state index is 0.0504. The summed E-state index contributed by atoms with van der Waals surface area (Å²) in [7, 11) is 3.17. The van der Waals surface area contributed by atoms with Crippen molar-refractivity contribution in [2.45, 2.75) is 26.2 Å². The first kappa shape index (κ1) is 13.8. The summed E-state index contributed by atoms with van der Waals surface area (Å²) in [4.78, 5) is 10.6. The maximum absolute atomic E-state index is 10.6. The molecule has 1 unspecified atom stereocenters.